The van der Waals surface area contributed by atoms with Gasteiger partial charge in [0.05, 0.1) is 26.8 Å². The number of nitrogens with zero attached hydrogens (tertiary/aromatic N) is 1. The van der Waals surface area contributed by atoms with Crippen molar-refractivity contribution in [1.29, 1.82) is 0 Å². The van der Waals surface area contributed by atoms with E-state index in [9.17, 15) is 9.90 Å². The van der Waals surface area contributed by atoms with Gasteiger partial charge >= 0.3 is 0 Å². The molecule has 4 nitrogen and oxygen atoms in total. The second kappa shape index (κ2) is 10.6. The van der Waals surface area contributed by atoms with E-state index in [1.54, 1.807) is 0 Å². The fourth-order valence-electron chi connectivity index (χ4n) is 6.11. The number of methoxy groups -OCH3 is 1. The number of aliphatic hydroxyl groups is 1. The summed E-state index contributed by atoms with van der Waals surface area (Å²) in [5, 5.41) is 10.0. The molecule has 5 heteroatoms. The number of carbonyl (C=O) groups is 1. The zero-order valence-corrected chi connectivity index (χ0v) is 20.7. The third kappa shape index (κ3) is 5.28. The van der Waals surface area contributed by atoms with Crippen LogP contribution < -0.4 is 0 Å². The zero-order chi connectivity index (χ0) is 21.7. The lowest BCUT2D eigenvalue weighted by Gasteiger charge is -2.43. The Hall–Kier alpha value is -0.913. The average Bonchev–Trinajstić information content (AvgIpc) is 2.77. The van der Waals surface area contributed by atoms with Gasteiger partial charge in [0.25, 0.3) is 0 Å². The Morgan fingerprint density at radius 2 is 1.87 bits per heavy atom. The highest BCUT2D eigenvalue weighted by molar-refractivity contribution is 6.80. The molecule has 0 unspecified atom stereocenters. The van der Waals surface area contributed by atoms with Gasteiger partial charge in [-0.3, -0.25) is 4.79 Å². The van der Waals surface area contributed by atoms with Crippen LogP contribution in [-0.4, -0.2) is 56.4 Å². The van der Waals surface area contributed by atoms with Gasteiger partial charge in [-0.1, -0.05) is 49.2 Å². The molecule has 1 N–H and O–H groups in total. The number of allylic oxidation sites excluding steroid dienone is 2. The quantitative estimate of drug-likeness (QED) is 0.429. The maximum Gasteiger partial charge on any atom is 0.223 e. The summed E-state index contributed by atoms with van der Waals surface area (Å²) in [6.45, 7) is 7.90. The van der Waals surface area contributed by atoms with Crippen molar-refractivity contribution < 1.29 is 14.6 Å². The normalized spacial score (nSPS) is 29.2. The van der Waals surface area contributed by atoms with Crippen molar-refractivity contribution in [3.63, 3.8) is 0 Å². The second-order valence-corrected chi connectivity index (χ2v) is 15.5. The monoisotopic (exact) mass is 433 g/mol. The minimum Gasteiger partial charge on any atom is -0.394 e. The molecule has 0 spiro atoms. The van der Waals surface area contributed by atoms with Crippen molar-refractivity contribution in [3.8, 4) is 0 Å². The molecule has 1 heterocycles. The fraction of sp³-hybridized carbons (Fsp3) is 0.800. The average molecular weight is 434 g/mol. The first-order chi connectivity index (χ1) is 14.4. The van der Waals surface area contributed by atoms with Crippen LogP contribution in [0, 0.1) is 0 Å². The van der Waals surface area contributed by atoms with Crippen LogP contribution in [0.15, 0.2) is 23.3 Å². The Morgan fingerprint density at radius 3 is 2.47 bits per heavy atom. The minimum absolute atomic E-state index is 0.0254. The summed E-state index contributed by atoms with van der Waals surface area (Å²) >= 11 is 0. The third-order valence-corrected chi connectivity index (χ3v) is 13.3. The summed E-state index contributed by atoms with van der Waals surface area (Å²) in [6, 6.07) is -0.0254. The maximum absolute atomic E-state index is 13.5. The first kappa shape index (κ1) is 23.7. The number of rotatable bonds is 7. The molecular formula is C25H43NO3Si. The molecule has 30 heavy (non-hydrogen) atoms. The van der Waals surface area contributed by atoms with Gasteiger partial charge in [-0.25, -0.2) is 0 Å². The predicted octanol–water partition coefficient (Wildman–Crippen LogP) is 5.45. The number of carbonyl (C=O) groups excluding carboxylic acids is 1. The molecule has 170 valence electrons. The first-order valence-electron chi connectivity index (χ1n) is 12.2. The number of amides is 1. The summed E-state index contributed by atoms with van der Waals surface area (Å²) < 4.78 is 5.58. The standard InChI is InChI=1S/C25H43NO3Si/c1-5-8-24(30(3,4)23-13-11-22(29-2)12-14-23)16-25(28)26-17-20-10-7-6-9-19(20)15-21(26)18-27/h5,8,21-24,27H,6-7,9-18H2,1-4H3/b8-5+/t21-,22?,23?,24-/m0/s1. The number of ether oxygens (including phenoxy) is 1. The van der Waals surface area contributed by atoms with Crippen LogP contribution in [-0.2, 0) is 9.53 Å². The van der Waals surface area contributed by atoms with Gasteiger partial charge < -0.3 is 14.7 Å². The molecule has 2 atom stereocenters. The highest BCUT2D eigenvalue weighted by atomic mass is 28.3. The van der Waals surface area contributed by atoms with Crippen LogP contribution in [0.3, 0.4) is 0 Å². The van der Waals surface area contributed by atoms with Crippen molar-refractivity contribution >= 4 is 14.0 Å². The highest BCUT2D eigenvalue weighted by Gasteiger charge is 2.42. The van der Waals surface area contributed by atoms with Crippen molar-refractivity contribution in [3.05, 3.63) is 23.3 Å². The summed E-state index contributed by atoms with van der Waals surface area (Å²) in [7, 11) is 0.179. The zero-order valence-electron chi connectivity index (χ0n) is 19.7. The lowest BCUT2D eigenvalue weighted by atomic mass is 9.84. The Balaban J connectivity index is 1.71. The molecule has 1 amide bonds. The van der Waals surface area contributed by atoms with E-state index < -0.39 is 8.07 Å². The van der Waals surface area contributed by atoms with Gasteiger partial charge in [-0.15, -0.1) is 0 Å². The van der Waals surface area contributed by atoms with Crippen molar-refractivity contribution in [2.24, 2.45) is 0 Å². The number of hydrogen-bond donors (Lipinski definition) is 1. The Kier molecular flexibility index (Phi) is 8.39. The Labute approximate surface area is 184 Å². The molecule has 0 aromatic heterocycles. The van der Waals surface area contributed by atoms with Crippen LogP contribution in [0.2, 0.25) is 24.2 Å². The van der Waals surface area contributed by atoms with Gasteiger partial charge in [0, 0.05) is 20.1 Å². The molecule has 1 saturated carbocycles. The van der Waals surface area contributed by atoms with Gasteiger partial charge in [-0.2, -0.15) is 0 Å². The topological polar surface area (TPSA) is 49.8 Å². The van der Waals surface area contributed by atoms with Crippen molar-refractivity contribution in [2.75, 3.05) is 20.3 Å². The highest BCUT2D eigenvalue weighted by Crippen LogP contribution is 2.45. The number of aliphatic hydroxyl groups excluding tert-OH is 1. The summed E-state index contributed by atoms with van der Waals surface area (Å²) in [5.74, 6) is 0.250. The van der Waals surface area contributed by atoms with E-state index >= 15 is 0 Å². The molecule has 2 aliphatic carbocycles. The Morgan fingerprint density at radius 1 is 1.20 bits per heavy atom. The van der Waals surface area contributed by atoms with Crippen LogP contribution in [0.5, 0.6) is 0 Å². The van der Waals surface area contributed by atoms with Crippen LogP contribution in [0.1, 0.15) is 71.1 Å². The van der Waals surface area contributed by atoms with E-state index in [2.05, 4.69) is 32.2 Å². The molecule has 0 radical (unpaired) electrons. The van der Waals surface area contributed by atoms with E-state index in [1.165, 1.54) is 43.3 Å². The molecular weight excluding hydrogens is 390 g/mol. The Bertz CT molecular complexity index is 649. The van der Waals surface area contributed by atoms with Crippen LogP contribution >= 0.6 is 0 Å². The van der Waals surface area contributed by atoms with Crippen LogP contribution in [0.25, 0.3) is 0 Å². The van der Waals surface area contributed by atoms with Crippen LogP contribution in [0.4, 0.5) is 0 Å². The minimum atomic E-state index is -1.65. The molecule has 1 fully saturated rings. The third-order valence-electron chi connectivity index (χ3n) is 8.36. The summed E-state index contributed by atoms with van der Waals surface area (Å²) in [5.41, 5.74) is 4.12. The van der Waals surface area contributed by atoms with E-state index in [0.29, 0.717) is 18.1 Å². The lowest BCUT2D eigenvalue weighted by Crippen LogP contribution is -2.49. The molecule has 1 aliphatic heterocycles. The smallest absolute Gasteiger partial charge is 0.223 e. The van der Waals surface area contributed by atoms with Crippen molar-refractivity contribution in [1.82, 2.24) is 4.90 Å². The molecule has 0 aromatic carbocycles. The first-order valence-corrected chi connectivity index (χ1v) is 15.3. The summed E-state index contributed by atoms with van der Waals surface area (Å²) in [6.07, 6.45) is 16.0. The predicted molar refractivity (Wildman–Crippen MR) is 126 cm³/mol. The molecule has 3 aliphatic rings. The van der Waals surface area contributed by atoms with Crippen molar-refractivity contribution in [2.45, 2.75) is 107 Å². The molecule has 0 saturated heterocycles. The molecule has 0 aromatic rings. The maximum atomic E-state index is 13.5. The SMILES string of the molecule is C/C=C/[C@@H](CC(=O)N1CC2=C(CCCC2)C[C@H]1CO)[Si](C)(C)C1CCC(OC)CC1. The molecule has 0 bridgehead atoms. The van der Waals surface area contributed by atoms with Gasteiger partial charge in [0.15, 0.2) is 0 Å². The van der Waals surface area contributed by atoms with Gasteiger partial charge in [0.1, 0.15) is 0 Å². The second-order valence-electron chi connectivity index (χ2n) is 10.3. The van der Waals surface area contributed by atoms with E-state index in [0.717, 1.165) is 37.8 Å². The fourth-order valence-corrected chi connectivity index (χ4v) is 9.93. The molecule has 3 rings (SSSR count). The summed E-state index contributed by atoms with van der Waals surface area (Å²) in [4.78, 5) is 15.5. The lowest BCUT2D eigenvalue weighted by molar-refractivity contribution is -0.134. The van der Waals surface area contributed by atoms with Gasteiger partial charge in [-0.05, 0) is 63.0 Å². The van der Waals surface area contributed by atoms with Gasteiger partial charge in [0.2, 0.25) is 5.91 Å². The van der Waals surface area contributed by atoms with E-state index in [1.807, 2.05) is 12.0 Å². The number of hydrogen-bond acceptors (Lipinski definition) is 3. The van der Waals surface area contributed by atoms with E-state index in [4.69, 9.17) is 4.74 Å². The van der Waals surface area contributed by atoms with E-state index in [-0.39, 0.29) is 18.6 Å². The largest absolute Gasteiger partial charge is 0.394 e.